The van der Waals surface area contributed by atoms with Gasteiger partial charge in [-0.1, -0.05) is 121 Å². The number of aliphatic hydroxyl groups excluding tert-OH is 1. The summed E-state index contributed by atoms with van der Waals surface area (Å²) < 4.78 is 24.2. The van der Waals surface area contributed by atoms with E-state index in [0.717, 1.165) is 40.8 Å². The van der Waals surface area contributed by atoms with Gasteiger partial charge in [-0.3, -0.25) is 19.3 Å². The molecular weight excluding hydrogens is 909 g/mol. The number of carbonyl (C=O) groups is 4. The number of esters is 1. The Morgan fingerprint density at radius 2 is 1.53 bits per heavy atom. The highest BCUT2D eigenvalue weighted by Crippen LogP contribution is 2.66. The number of rotatable bonds is 11. The smallest absolute Gasteiger partial charge is 0.421 e. The molecule has 1 aromatic heterocycles. The number of hydrogen-bond donors (Lipinski definition) is 3. The topological polar surface area (TPSA) is 177 Å². The predicted octanol–water partition coefficient (Wildman–Crippen LogP) is 8.19. The molecule has 358 valence electrons. The number of amides is 3. The van der Waals surface area contributed by atoms with Crippen LogP contribution in [0.15, 0.2) is 127 Å². The van der Waals surface area contributed by atoms with Gasteiger partial charge in [0.1, 0.15) is 42.1 Å². The molecule has 70 heavy (non-hydrogen) atoms. The van der Waals surface area contributed by atoms with E-state index in [0.29, 0.717) is 40.8 Å². The molecule has 3 N–H and O–H groups in total. The number of aromatic nitrogens is 1. The number of carbonyl (C=O) groups excluding carboxylic acids is 4. The maximum absolute atomic E-state index is 16.5. The summed E-state index contributed by atoms with van der Waals surface area (Å²) in [5, 5.41) is 24.6. The van der Waals surface area contributed by atoms with Crippen molar-refractivity contribution < 1.29 is 48.3 Å². The Morgan fingerprint density at radius 1 is 0.829 bits per heavy atom. The van der Waals surface area contributed by atoms with Crippen molar-refractivity contribution in [3.8, 4) is 17.6 Å². The lowest BCUT2D eigenvalue weighted by atomic mass is 9.65. The van der Waals surface area contributed by atoms with Crippen LogP contribution < -0.4 is 15.0 Å². The lowest BCUT2D eigenvalue weighted by Crippen LogP contribution is -2.54. The van der Waals surface area contributed by atoms with Crippen LogP contribution in [0.5, 0.6) is 5.75 Å². The van der Waals surface area contributed by atoms with Gasteiger partial charge in [-0.25, -0.2) is 14.7 Å². The zero-order chi connectivity index (χ0) is 48.4. The molecule has 4 aliphatic rings. The number of hydrogen-bond acceptors (Lipinski definition) is 13. The molecule has 6 atom stereocenters. The van der Waals surface area contributed by atoms with Gasteiger partial charge < -0.3 is 34.5 Å². The third-order valence-electron chi connectivity index (χ3n) is 13.9. The fourth-order valence-electron chi connectivity index (χ4n) is 10.9. The number of nitrogens with zero attached hydrogens (tertiary/aromatic N) is 3. The lowest BCUT2D eigenvalue weighted by Gasteiger charge is -2.46. The summed E-state index contributed by atoms with van der Waals surface area (Å²) in [6.07, 6.45) is 2.71. The number of ether oxygens (including phenoxy) is 4. The number of thiazole rings is 1. The normalized spacial score (nSPS) is 23.7. The highest BCUT2D eigenvalue weighted by atomic mass is 32.1. The molecule has 14 nitrogen and oxygen atoms in total. The van der Waals surface area contributed by atoms with Crippen molar-refractivity contribution in [1.82, 2.24) is 9.88 Å². The van der Waals surface area contributed by atoms with E-state index in [1.807, 2.05) is 89.8 Å². The van der Waals surface area contributed by atoms with Gasteiger partial charge in [0.25, 0.3) is 0 Å². The summed E-state index contributed by atoms with van der Waals surface area (Å²) in [6.45, 7) is -0.328. The minimum Gasteiger partial charge on any atom is -0.491 e. The quantitative estimate of drug-likeness (QED) is 0.0492. The highest BCUT2D eigenvalue weighted by Gasteiger charge is 2.76. The highest BCUT2D eigenvalue weighted by molar-refractivity contribution is 7.22. The van der Waals surface area contributed by atoms with Crippen molar-refractivity contribution >= 4 is 56.2 Å². The molecule has 6 aromatic rings. The first-order valence-corrected chi connectivity index (χ1v) is 24.4. The number of benzene rings is 5. The van der Waals surface area contributed by atoms with E-state index >= 15 is 14.4 Å². The fraction of sp³-hybridized carbons (Fsp3) is 0.327. The van der Waals surface area contributed by atoms with Crippen molar-refractivity contribution in [3.05, 3.63) is 155 Å². The molecule has 1 aliphatic carbocycles. The van der Waals surface area contributed by atoms with Crippen LogP contribution in [0.2, 0.25) is 0 Å². The van der Waals surface area contributed by atoms with Crippen molar-refractivity contribution in [1.29, 1.82) is 0 Å². The van der Waals surface area contributed by atoms with Crippen LogP contribution in [0, 0.1) is 17.8 Å². The summed E-state index contributed by atoms with van der Waals surface area (Å²) in [7, 11) is 1.46. The Balaban J connectivity index is 1.26. The SMILES string of the molecule is COCCOC(=O)N1C(=O)[C@@]2(c3cc(C#CC4(O)CCCCCC4)ccc31)[C@H](c1ccc(OCCO)cc1)N1[C@H](c3ccccc3)[C@H](c3ccccc3)OC(=O)[C@H]1[C@@H]2C(=O)Nc1nc2ccccc2s1. The molecule has 0 radical (unpaired) electrons. The number of morpholine rings is 1. The molecule has 4 heterocycles. The van der Waals surface area contributed by atoms with Gasteiger partial charge >= 0.3 is 12.1 Å². The molecule has 1 saturated carbocycles. The van der Waals surface area contributed by atoms with E-state index in [-0.39, 0.29) is 42.8 Å². The number of cyclic esters (lactones) is 1. The molecule has 2 saturated heterocycles. The van der Waals surface area contributed by atoms with Crippen molar-refractivity contribution in [2.45, 2.75) is 73.8 Å². The minimum absolute atomic E-state index is 0.0283. The Hall–Kier alpha value is -6.93. The fourth-order valence-corrected chi connectivity index (χ4v) is 11.8. The molecule has 0 unspecified atom stereocenters. The summed E-state index contributed by atoms with van der Waals surface area (Å²) in [5.74, 6) is 2.95. The molecule has 3 amide bonds. The predicted molar refractivity (Wildman–Crippen MR) is 262 cm³/mol. The second-order valence-corrected chi connectivity index (χ2v) is 19.1. The Morgan fingerprint density at radius 3 is 2.23 bits per heavy atom. The van der Waals surface area contributed by atoms with Gasteiger partial charge in [-0.15, -0.1) is 0 Å². The van der Waals surface area contributed by atoms with Crippen molar-refractivity contribution in [2.75, 3.05) is 43.8 Å². The molecule has 15 heteroatoms. The molecule has 0 bridgehead atoms. The van der Waals surface area contributed by atoms with Crippen LogP contribution in [-0.2, 0) is 34.0 Å². The zero-order valence-electron chi connectivity index (χ0n) is 38.5. The number of aliphatic hydroxyl groups is 2. The van der Waals surface area contributed by atoms with Gasteiger partial charge in [-0.05, 0) is 90.4 Å². The van der Waals surface area contributed by atoms with Crippen LogP contribution in [0.4, 0.5) is 15.6 Å². The number of imide groups is 1. The summed E-state index contributed by atoms with van der Waals surface area (Å²) in [6, 6.07) is 34.8. The molecular formula is C55H52N4O10S. The average molecular weight is 961 g/mol. The van der Waals surface area contributed by atoms with Crippen LogP contribution in [0.1, 0.15) is 84.5 Å². The van der Waals surface area contributed by atoms with E-state index in [1.165, 1.54) is 18.4 Å². The zero-order valence-corrected chi connectivity index (χ0v) is 39.3. The van der Waals surface area contributed by atoms with Gasteiger partial charge in [0.15, 0.2) is 5.13 Å². The third kappa shape index (κ3) is 8.49. The standard InChI is InChI=1S/C55H52N4O10S/c1-66-32-33-68-53(64)58-42-25-20-35(26-29-54(65)27-12-2-3-13-28-54)34-40(42)55(51(58)63)44(49(61)57-52-56-41-18-10-11-19-43(41)70-52)46-50(62)69-47(37-16-8-5-9-17-37)45(36-14-6-4-7-15-36)59(46)48(55)38-21-23-39(24-22-38)67-31-30-60/h4-11,14-25,34,44-48,60,65H,2-3,12-13,27-28,30-33H2,1H3,(H,56,57,61)/t44-,45-,46-,47+,48+,55-/m1/s1. The van der Waals surface area contributed by atoms with Gasteiger partial charge in [0.2, 0.25) is 11.8 Å². The number of para-hydroxylation sites is 1. The first-order valence-electron chi connectivity index (χ1n) is 23.6. The van der Waals surface area contributed by atoms with Crippen molar-refractivity contribution in [3.63, 3.8) is 0 Å². The Bertz CT molecular complexity index is 2930. The van der Waals surface area contributed by atoms with E-state index in [4.69, 9.17) is 23.9 Å². The summed E-state index contributed by atoms with van der Waals surface area (Å²) >= 11 is 1.24. The van der Waals surface area contributed by atoms with E-state index in [9.17, 15) is 15.0 Å². The summed E-state index contributed by atoms with van der Waals surface area (Å²) in [4.78, 5) is 70.1. The maximum Gasteiger partial charge on any atom is 0.421 e. The minimum atomic E-state index is -2.09. The van der Waals surface area contributed by atoms with Crippen LogP contribution in [0.3, 0.4) is 0 Å². The Kier molecular flexibility index (Phi) is 13.2. The molecule has 10 rings (SSSR count). The second-order valence-electron chi connectivity index (χ2n) is 18.1. The molecule has 3 fully saturated rings. The van der Waals surface area contributed by atoms with Crippen LogP contribution in [0.25, 0.3) is 10.2 Å². The first-order chi connectivity index (χ1) is 34.1. The third-order valence-corrected chi connectivity index (χ3v) is 14.8. The summed E-state index contributed by atoms with van der Waals surface area (Å²) in [5.41, 5.74) is 0.0510. The van der Waals surface area contributed by atoms with Crippen molar-refractivity contribution in [2.24, 2.45) is 5.92 Å². The second kappa shape index (κ2) is 19.8. The van der Waals surface area contributed by atoms with Gasteiger partial charge in [0, 0.05) is 12.7 Å². The van der Waals surface area contributed by atoms with E-state index < -0.39 is 65.0 Å². The van der Waals surface area contributed by atoms with Crippen LogP contribution in [-0.4, -0.2) is 89.2 Å². The molecule has 3 aliphatic heterocycles. The number of nitrogens with one attached hydrogen (secondary N) is 1. The number of anilines is 2. The molecule has 1 spiro atoms. The number of fused-ring (bicyclic) bond motifs is 4. The lowest BCUT2D eigenvalue weighted by molar-refractivity contribution is -0.177. The maximum atomic E-state index is 16.5. The van der Waals surface area contributed by atoms with Crippen LogP contribution >= 0.6 is 11.3 Å². The first kappa shape index (κ1) is 46.8. The average Bonchev–Trinajstić information content (AvgIpc) is 3.95. The van der Waals surface area contributed by atoms with E-state index in [2.05, 4.69) is 17.2 Å². The largest absolute Gasteiger partial charge is 0.491 e. The van der Waals surface area contributed by atoms with E-state index in [1.54, 1.807) is 42.5 Å². The van der Waals surface area contributed by atoms with Gasteiger partial charge in [-0.2, -0.15) is 0 Å². The monoisotopic (exact) mass is 960 g/mol. The number of methoxy groups -OCH3 is 1. The Labute approximate surface area is 409 Å². The van der Waals surface area contributed by atoms with Gasteiger partial charge in [0.05, 0.1) is 47.1 Å². The molecule has 5 aromatic carbocycles.